The molecular weight excluding hydrogens is 1730 g/mol. The Balaban J connectivity index is 0.000000775. The lowest BCUT2D eigenvalue weighted by Gasteiger charge is -2.30. The number of likely N-dealkylation sites (N-methyl/N-ethyl adjacent to an activating group) is 1. The summed E-state index contributed by atoms with van der Waals surface area (Å²) in [6.07, 6.45) is 41.2. The van der Waals surface area contributed by atoms with Crippen LogP contribution < -0.4 is 43.2 Å². The Bertz CT molecular complexity index is 2880. The van der Waals surface area contributed by atoms with E-state index < -0.39 is 35.7 Å². The van der Waals surface area contributed by atoms with Crippen LogP contribution in [-0.2, 0) is 81.0 Å². The van der Waals surface area contributed by atoms with Crippen LogP contribution in [0.5, 0.6) is 0 Å². The monoisotopic (exact) mass is 1890 g/mol. The van der Waals surface area contributed by atoms with Crippen LogP contribution in [0.3, 0.4) is 0 Å². The fourth-order valence-electron chi connectivity index (χ4n) is 13.6. The van der Waals surface area contributed by atoms with Gasteiger partial charge in [-0.05, 0) is 87.9 Å². The molecule has 5 fully saturated rings. The minimum atomic E-state index is -4.05. The van der Waals surface area contributed by atoms with Gasteiger partial charge in [-0.15, -0.1) is 5.06 Å². The third-order valence-corrected chi connectivity index (χ3v) is 26.4. The van der Waals surface area contributed by atoms with Crippen LogP contribution in [0, 0.1) is 0 Å². The maximum Gasteiger partial charge on any atom is 0.472 e. The number of imide groups is 1. The van der Waals surface area contributed by atoms with Crippen molar-refractivity contribution in [1.82, 2.24) is 42.4 Å². The van der Waals surface area contributed by atoms with Crippen molar-refractivity contribution >= 4 is 127 Å². The number of carbonyl (C=O) groups is 8. The Kier molecular flexibility index (Phi) is 73.5. The number of aliphatic hydroxyl groups excluding tert-OH is 1. The third kappa shape index (κ3) is 70.5. The minimum Gasteiger partial charge on any atom is -0.748 e. The number of quaternary nitrogens is 2. The number of rotatable bonds is 73. The summed E-state index contributed by atoms with van der Waals surface area (Å²) >= 11 is 16.4. The molecule has 0 aromatic heterocycles. The van der Waals surface area contributed by atoms with Gasteiger partial charge >= 0.3 is 25.9 Å². The largest absolute Gasteiger partial charge is 0.748 e. The van der Waals surface area contributed by atoms with Crippen molar-refractivity contribution in [1.29, 1.82) is 0 Å². The Morgan fingerprint density at radius 2 is 0.862 bits per heavy atom. The Morgan fingerprint density at radius 3 is 1.28 bits per heavy atom. The summed E-state index contributed by atoms with van der Waals surface area (Å²) in [7, 11) is 2.31. The zero-order valence-corrected chi connectivity index (χ0v) is 81.2. The number of phosphoric acid groups is 1. The summed E-state index contributed by atoms with van der Waals surface area (Å²) in [5.41, 5.74) is 2.02. The Hall–Kier alpha value is -3.03. The molecule has 0 saturated carbocycles. The Morgan fingerprint density at radius 1 is 0.480 bits per heavy atom. The highest BCUT2D eigenvalue weighted by Gasteiger charge is 2.44. The number of amides is 9. The van der Waals surface area contributed by atoms with E-state index in [1.807, 2.05) is 50.1 Å². The summed E-state index contributed by atoms with van der Waals surface area (Å²) in [4.78, 5) is 106. The predicted molar refractivity (Wildman–Crippen MR) is 496 cm³/mol. The first-order valence-corrected chi connectivity index (χ1v) is 52.5. The van der Waals surface area contributed by atoms with Crippen molar-refractivity contribution in [3.8, 4) is 0 Å². The molecular formula is C83H163N11O22PS6+. The van der Waals surface area contributed by atoms with Gasteiger partial charge < -0.3 is 83.9 Å². The number of urea groups is 2. The van der Waals surface area contributed by atoms with Gasteiger partial charge in [0.2, 0.25) is 17.7 Å². The van der Waals surface area contributed by atoms with E-state index in [1.165, 1.54) is 148 Å². The van der Waals surface area contributed by atoms with E-state index in [4.69, 9.17) is 48.5 Å². The van der Waals surface area contributed by atoms with Crippen molar-refractivity contribution in [3.63, 3.8) is 0 Å². The fourth-order valence-corrected chi connectivity index (χ4v) is 18.6. The number of hydrogen-bond donors (Lipinski definition) is 13. The number of phosphoric ester groups is 1. The number of unbranched alkanes of at least 4 members (excludes halogenated alkanes) is 26. The lowest BCUT2D eigenvalue weighted by atomic mass is 10.0. The number of nitrogens with two attached hydrogens (primary N) is 1. The molecule has 5 saturated heterocycles. The molecule has 40 heteroatoms. The first-order chi connectivity index (χ1) is 59.0. The molecule has 0 spiro atoms. The average Bonchev–Trinajstić information content (AvgIpc) is 1.67. The van der Waals surface area contributed by atoms with Crippen LogP contribution in [0.1, 0.15) is 257 Å². The molecule has 5 aliphatic heterocycles. The molecule has 7 unspecified atom stereocenters. The number of nitrogens with zero attached hydrogens (tertiary/aromatic N) is 3. The lowest BCUT2D eigenvalue weighted by molar-refractivity contribution is -0.890. The SMILES string of the molecule is C[N+](C)(C)CCOP(=O)(O)OCCCCCCCCCCCS.C[N+](C)(CCCCCCCCCCCS)CCCS(=O)(=O)[O-].NNC(=O)CCOCCNC(=O)CCCCC1SCC2NC(=O)NC21.O=C(CCCCC1SCC2NC(=O)NC21)NCCOCCC(=O)ON1C(=O)CCC1=O.OCCOCCOCCOCCCCCCCCCCCS. The number of thioether (sulfide) groups is 2. The van der Waals surface area contributed by atoms with Gasteiger partial charge in [0.1, 0.15) is 13.2 Å². The standard InChI is InChI=1S/C19H28N4O7S.C17H36O4S.C16H36NO4PS.C16H35NO3S2.C15H27N5O4S/c24-14(4-2-1-3-13-18-12(11-31-13)21-19(28)22-18)20-8-10-29-9-7-17(27)30-23-15(25)5-6-16(23)26;18-10-12-20-14-16-21-15-13-19-11-8-6-4-2-1-3-5-7-9-17-22;1-17(2,3)13-15-21-22(18,19)20-14-11-9-7-5-4-6-8-10-12-16-23;1-17(2,14-12-16-22(18,19)20)13-10-8-6-4-3-5-7-9-11-15-21;16-20-13(22)5-7-24-8-6-17-12(21)4-2-1-3-11-14-10(9-25-11)18-15(23)19-14/h12-13,18H,1-11H2,(H,20,24)(H2,21,22,28);18,22H,1-17H2;4-16H2,1-3H3,(H-,18,19,23);3-16H2,1-2H3,(H-,18,19,20,21);10-11,14H,1-9,16H2,(H,17,21)(H,20,22)(H2,18,19,23)/p+1. The van der Waals surface area contributed by atoms with Crippen molar-refractivity contribution in [2.45, 2.75) is 292 Å². The zero-order chi connectivity index (χ0) is 90.9. The van der Waals surface area contributed by atoms with Crippen LogP contribution in [0.2, 0.25) is 0 Å². The molecule has 722 valence electrons. The molecule has 0 aromatic rings. The lowest BCUT2D eigenvalue weighted by Crippen LogP contribution is -2.41. The van der Waals surface area contributed by atoms with Gasteiger partial charge in [-0.2, -0.15) is 61.4 Å². The summed E-state index contributed by atoms with van der Waals surface area (Å²) < 4.78 is 81.3. The van der Waals surface area contributed by atoms with Crippen LogP contribution >= 0.6 is 69.2 Å². The molecule has 33 nitrogen and oxygen atoms in total. The fraction of sp³-hybridized carbons (Fsp3) is 0.904. The smallest absolute Gasteiger partial charge is 0.472 e. The van der Waals surface area contributed by atoms with Crippen LogP contribution in [-0.4, -0.2) is 308 Å². The zero-order valence-electron chi connectivity index (χ0n) is 75.2. The third-order valence-electron chi connectivity index (χ3n) is 20.7. The molecule has 0 bridgehead atoms. The highest BCUT2D eigenvalue weighted by Crippen LogP contribution is 2.43. The predicted octanol–water partition coefficient (Wildman–Crippen LogP) is 10.2. The number of fused-ring (bicyclic) bond motifs is 2. The first-order valence-electron chi connectivity index (χ1n) is 45.5. The van der Waals surface area contributed by atoms with Gasteiger partial charge in [0.25, 0.3) is 11.8 Å². The normalized spacial score (nSPS) is 18.2. The molecule has 0 radical (unpaired) electrons. The number of nitrogens with one attached hydrogen (secondary N) is 7. The maximum atomic E-state index is 11.9. The van der Waals surface area contributed by atoms with E-state index in [1.54, 1.807) is 0 Å². The van der Waals surface area contributed by atoms with Crippen LogP contribution in [0.4, 0.5) is 9.59 Å². The van der Waals surface area contributed by atoms with Crippen molar-refractivity contribution in [2.75, 3.05) is 188 Å². The van der Waals surface area contributed by atoms with Crippen LogP contribution in [0.25, 0.3) is 0 Å². The van der Waals surface area contributed by atoms with Crippen molar-refractivity contribution < 1.29 is 112 Å². The second kappa shape index (κ2) is 76.7. The molecule has 5 aliphatic rings. The minimum absolute atomic E-state index is 0.0103. The number of hydrogen-bond acceptors (Lipinski definition) is 27. The molecule has 9 amide bonds. The van der Waals surface area contributed by atoms with Gasteiger partial charge in [-0.1, -0.05) is 141 Å². The summed E-state index contributed by atoms with van der Waals surface area (Å²) in [5, 5.41) is 27.2. The van der Waals surface area contributed by atoms with Crippen molar-refractivity contribution in [2.24, 2.45) is 5.84 Å². The second-order valence-corrected chi connectivity index (χ2v) is 40.1. The summed E-state index contributed by atoms with van der Waals surface area (Å²) in [6.45, 7) is 8.41. The number of hydrazine groups is 1. The van der Waals surface area contributed by atoms with Gasteiger partial charge in [-0.3, -0.25) is 38.4 Å². The molecule has 0 aromatic carbocycles. The number of carbonyl (C=O) groups excluding carboxylic acids is 8. The molecule has 0 aliphatic carbocycles. The maximum absolute atomic E-state index is 11.9. The van der Waals surface area contributed by atoms with Gasteiger partial charge in [-0.25, -0.2) is 33.2 Å². The molecule has 123 heavy (non-hydrogen) atoms. The van der Waals surface area contributed by atoms with E-state index in [2.05, 4.69) is 83.9 Å². The molecule has 7 atom stereocenters. The van der Waals surface area contributed by atoms with E-state index in [0.29, 0.717) is 105 Å². The van der Waals surface area contributed by atoms with E-state index in [-0.39, 0.29) is 118 Å². The average molecular weight is 1890 g/mol. The topological polar surface area (TPSA) is 439 Å². The number of hydroxylamine groups is 2. The first kappa shape index (κ1) is 118. The highest BCUT2D eigenvalue weighted by molar-refractivity contribution is 8.00. The van der Waals surface area contributed by atoms with Crippen LogP contribution in [0.15, 0.2) is 0 Å². The second-order valence-electron chi connectivity index (χ2n) is 33.2. The number of ether oxygens (including phenoxy) is 5. The summed E-state index contributed by atoms with van der Waals surface area (Å²) in [6, 6.07) is 0.739. The van der Waals surface area contributed by atoms with Gasteiger partial charge in [0, 0.05) is 79.6 Å². The molecule has 11 N–H and O–H groups in total. The van der Waals surface area contributed by atoms with E-state index in [9.17, 15) is 60.8 Å². The quantitative estimate of drug-likeness (QED) is 0.00257. The molecule has 5 rings (SSSR count). The van der Waals surface area contributed by atoms with Gasteiger partial charge in [0.05, 0.1) is 168 Å². The number of aliphatic hydroxyl groups is 1. The van der Waals surface area contributed by atoms with E-state index in [0.717, 1.165) is 117 Å². The Labute approximate surface area is 762 Å². The number of thiol groups is 3. The van der Waals surface area contributed by atoms with E-state index >= 15 is 0 Å². The highest BCUT2D eigenvalue weighted by atomic mass is 32.2. The van der Waals surface area contributed by atoms with Gasteiger partial charge in [0.15, 0.2) is 0 Å². The summed E-state index contributed by atoms with van der Waals surface area (Å²) in [5.74, 6) is 7.57. The molecule has 5 heterocycles. The van der Waals surface area contributed by atoms with Crippen molar-refractivity contribution in [3.05, 3.63) is 0 Å².